The first kappa shape index (κ1) is 41.5. The zero-order chi connectivity index (χ0) is 40.5. The number of methoxy groups -OCH3 is 1. The Bertz CT molecular complexity index is 1920. The highest BCUT2D eigenvalue weighted by atomic mass is 16.7. The van der Waals surface area contributed by atoms with Gasteiger partial charge in [-0.1, -0.05) is 45.9 Å². The molecule has 0 aromatic heterocycles. The van der Waals surface area contributed by atoms with Crippen molar-refractivity contribution in [3.05, 3.63) is 52.8 Å². The van der Waals surface area contributed by atoms with Crippen LogP contribution in [0.15, 0.2) is 41.2 Å². The van der Waals surface area contributed by atoms with Gasteiger partial charge < -0.3 is 54.9 Å². The second-order valence-corrected chi connectivity index (χ2v) is 14.8. The maximum absolute atomic E-state index is 14.3. The number of Topliss-reactive ketones (excluding diaryl/α,β-unsaturated/α-hetero) is 1. The molecule has 9 unspecified atom stereocenters. The third kappa shape index (κ3) is 7.89. The molecule has 2 aromatic rings. The van der Waals surface area contributed by atoms with Crippen molar-refractivity contribution in [1.82, 2.24) is 5.01 Å². The number of rotatable bonds is 3. The van der Waals surface area contributed by atoms with Crippen LogP contribution in [0.25, 0.3) is 10.8 Å². The number of hydrogen-bond acceptors (Lipinski definition) is 14. The zero-order valence-electron chi connectivity index (χ0n) is 32.4. The maximum atomic E-state index is 14.3. The normalized spacial score (nSPS) is 33.3. The monoisotopic (exact) mass is 767 g/mol. The summed E-state index contributed by atoms with van der Waals surface area (Å²) in [5.74, 6) is -7.68. The van der Waals surface area contributed by atoms with E-state index in [1.165, 1.54) is 52.5 Å². The number of benzene rings is 2. The van der Waals surface area contributed by atoms with Crippen LogP contribution in [0.1, 0.15) is 63.0 Å². The molecule has 0 aliphatic carbocycles. The van der Waals surface area contributed by atoms with Crippen LogP contribution in [0, 0.1) is 30.6 Å². The number of aliphatic hydroxyl groups is 3. The molecule has 15 nitrogen and oxygen atoms in total. The second kappa shape index (κ2) is 16.6. The van der Waals surface area contributed by atoms with Gasteiger partial charge in [0, 0.05) is 54.2 Å². The van der Waals surface area contributed by atoms with E-state index in [9.17, 15) is 40.2 Å². The topological polar surface area (TPSA) is 220 Å². The fourth-order valence-electron chi connectivity index (χ4n) is 7.29. The summed E-state index contributed by atoms with van der Waals surface area (Å²) in [5, 5.41) is 77.2. The molecule has 4 heterocycles. The molecule has 4 aliphatic heterocycles. The van der Waals surface area contributed by atoms with Gasteiger partial charge in [0.25, 0.3) is 11.7 Å². The van der Waals surface area contributed by atoms with Gasteiger partial charge in [-0.2, -0.15) is 5.10 Å². The van der Waals surface area contributed by atoms with Gasteiger partial charge in [0.05, 0.1) is 85.4 Å². The summed E-state index contributed by atoms with van der Waals surface area (Å²) in [5.41, 5.74) is -0.366. The Morgan fingerprint density at radius 1 is 0.909 bits per heavy atom. The van der Waals surface area contributed by atoms with E-state index in [2.05, 4.69) is 10.4 Å². The standard InChI is InChI=1S/C40H53N3O12/c1-19-10-9-11-20(2)39(51)42-30-25(18-41-43-13-16-53-17-14-43)35(48)27-28(36(30)49)34(47)24(6)37-29(27)38(50)40(7,55-37)54-15-12-26(52-8)21(3)32(45)23(5)33(46)22(4)31(19)44/h9-12,15,18-19,21-23,26,31-33,44-49H,13-14,16-17H2,1-8H3,(H,42,51)/b10-9-,15-12+,20-11+,41-18+. The Labute approximate surface area is 320 Å². The first-order valence-corrected chi connectivity index (χ1v) is 18.4. The van der Waals surface area contributed by atoms with Crippen molar-refractivity contribution in [2.75, 3.05) is 38.7 Å². The number of nitrogens with one attached hydrogen (secondary N) is 1. The van der Waals surface area contributed by atoms with Crippen molar-refractivity contribution in [2.45, 2.75) is 78.7 Å². The van der Waals surface area contributed by atoms with Crippen molar-refractivity contribution in [2.24, 2.45) is 28.8 Å². The predicted octanol–water partition coefficient (Wildman–Crippen LogP) is 3.85. The summed E-state index contributed by atoms with van der Waals surface area (Å²) >= 11 is 0. The summed E-state index contributed by atoms with van der Waals surface area (Å²) in [7, 11) is 1.43. The van der Waals surface area contributed by atoms with Crippen LogP contribution in [0.4, 0.5) is 5.69 Å². The van der Waals surface area contributed by atoms with Crippen LogP contribution in [0.5, 0.6) is 23.0 Å². The summed E-state index contributed by atoms with van der Waals surface area (Å²) < 4.78 is 23.0. The summed E-state index contributed by atoms with van der Waals surface area (Å²) in [4.78, 5) is 27.9. The molecule has 15 heteroatoms. The Hall–Kier alpha value is -4.67. The number of carbonyl (C=O) groups excluding carboxylic acids is 2. The minimum absolute atomic E-state index is 0.0604. The molecule has 2 aromatic carbocycles. The molecule has 1 saturated heterocycles. The number of phenolic OH excluding ortho intramolecular Hbond substituents is 3. The van der Waals surface area contributed by atoms with Crippen molar-refractivity contribution in [3.63, 3.8) is 0 Å². The Morgan fingerprint density at radius 3 is 2.20 bits per heavy atom. The molecule has 7 N–H and O–H groups in total. The minimum Gasteiger partial charge on any atom is -0.507 e. The third-order valence-corrected chi connectivity index (χ3v) is 11.1. The lowest BCUT2D eigenvalue weighted by Gasteiger charge is -2.36. The number of aromatic hydroxyl groups is 3. The fourth-order valence-corrected chi connectivity index (χ4v) is 7.29. The maximum Gasteiger partial charge on any atom is 0.312 e. The van der Waals surface area contributed by atoms with Crippen LogP contribution in [-0.4, -0.2) is 117 Å². The Morgan fingerprint density at radius 2 is 1.55 bits per heavy atom. The molecule has 0 spiro atoms. The second-order valence-electron chi connectivity index (χ2n) is 14.8. The number of ketones is 1. The lowest BCUT2D eigenvalue weighted by atomic mass is 9.78. The molecule has 4 aliphatic rings. The van der Waals surface area contributed by atoms with Crippen molar-refractivity contribution < 1.29 is 59.2 Å². The molecule has 9 atom stereocenters. The van der Waals surface area contributed by atoms with Gasteiger partial charge in [0.2, 0.25) is 0 Å². The van der Waals surface area contributed by atoms with Gasteiger partial charge >= 0.3 is 5.79 Å². The molecule has 55 heavy (non-hydrogen) atoms. The molecule has 5 bridgehead atoms. The zero-order valence-corrected chi connectivity index (χ0v) is 32.4. The van der Waals surface area contributed by atoms with E-state index in [4.69, 9.17) is 18.9 Å². The average molecular weight is 768 g/mol. The fraction of sp³-hybridized carbons (Fsp3) is 0.525. The number of fused-ring (bicyclic) bond motifs is 14. The van der Waals surface area contributed by atoms with Crippen molar-refractivity contribution in [3.8, 4) is 23.0 Å². The smallest absolute Gasteiger partial charge is 0.312 e. The van der Waals surface area contributed by atoms with E-state index in [-0.39, 0.29) is 44.5 Å². The highest BCUT2D eigenvalue weighted by molar-refractivity contribution is 6.23. The SMILES string of the molecule is COC1/C=C/OC2(C)Oc3c(C)c(O)c4c(O)c(c(/C=N/N5CCOCC5)c(O)c4c3C2=O)NC(=O)/C(C)=C/C=C\C(C)C(O)C(C)C(O)C(C)C(O)C1C. The molecular weight excluding hydrogens is 714 g/mol. The third-order valence-electron chi connectivity index (χ3n) is 11.1. The summed E-state index contributed by atoms with van der Waals surface area (Å²) in [6, 6.07) is 0. The molecule has 300 valence electrons. The number of aliphatic hydroxyl groups excluding tert-OH is 3. The van der Waals surface area contributed by atoms with E-state index in [1.54, 1.807) is 44.9 Å². The van der Waals surface area contributed by atoms with Gasteiger partial charge in [-0.05, 0) is 19.9 Å². The molecule has 0 radical (unpaired) electrons. The average Bonchev–Trinajstić information content (AvgIpc) is 3.44. The molecule has 1 fully saturated rings. The van der Waals surface area contributed by atoms with Crippen LogP contribution in [-0.2, 0) is 19.0 Å². The van der Waals surface area contributed by atoms with E-state index in [1.807, 2.05) is 0 Å². The Balaban J connectivity index is 1.70. The van der Waals surface area contributed by atoms with Gasteiger partial charge in [-0.3, -0.25) is 14.6 Å². The molecule has 1 amide bonds. The highest BCUT2D eigenvalue weighted by Gasteiger charge is 2.50. The number of ether oxygens (including phenoxy) is 4. The summed E-state index contributed by atoms with van der Waals surface area (Å²) in [6.07, 6.45) is 4.70. The molecule has 6 rings (SSSR count). The van der Waals surface area contributed by atoms with Crippen LogP contribution >= 0.6 is 0 Å². The number of phenols is 3. The minimum atomic E-state index is -2.02. The predicted molar refractivity (Wildman–Crippen MR) is 204 cm³/mol. The Kier molecular flexibility index (Phi) is 12.5. The molecule has 0 saturated carbocycles. The highest BCUT2D eigenvalue weighted by Crippen LogP contribution is 2.55. The quantitative estimate of drug-likeness (QED) is 0.134. The number of nitrogens with zero attached hydrogens (tertiary/aromatic N) is 2. The number of amides is 1. The first-order chi connectivity index (χ1) is 25.9. The summed E-state index contributed by atoms with van der Waals surface area (Å²) in [6.45, 7) is 12.9. The number of carbonyl (C=O) groups is 2. The van der Waals surface area contributed by atoms with Crippen LogP contribution in [0.2, 0.25) is 0 Å². The van der Waals surface area contributed by atoms with Gasteiger partial charge in [-0.25, -0.2) is 0 Å². The van der Waals surface area contributed by atoms with Crippen LogP contribution < -0.4 is 10.1 Å². The van der Waals surface area contributed by atoms with Gasteiger partial charge in [0.1, 0.15) is 17.2 Å². The lowest BCUT2D eigenvalue weighted by molar-refractivity contribution is -0.112. The van der Waals surface area contributed by atoms with E-state index >= 15 is 0 Å². The first-order valence-electron chi connectivity index (χ1n) is 18.4. The molecular formula is C40H53N3O12. The van der Waals surface area contributed by atoms with E-state index in [0.717, 1.165) is 0 Å². The van der Waals surface area contributed by atoms with Gasteiger partial charge in [0.15, 0.2) is 5.75 Å². The number of hydrazone groups is 1. The van der Waals surface area contributed by atoms with Crippen LogP contribution in [0.3, 0.4) is 0 Å². The van der Waals surface area contributed by atoms with Crippen molar-refractivity contribution >= 4 is 34.4 Å². The van der Waals surface area contributed by atoms with Crippen molar-refractivity contribution in [1.29, 1.82) is 0 Å². The lowest BCUT2D eigenvalue weighted by Crippen LogP contribution is -2.44. The number of anilines is 1. The number of morpholine rings is 1. The number of hydrogen-bond donors (Lipinski definition) is 7. The van der Waals surface area contributed by atoms with E-state index < -0.39 is 82.8 Å². The van der Waals surface area contributed by atoms with E-state index in [0.29, 0.717) is 26.3 Å². The largest absolute Gasteiger partial charge is 0.507 e. The number of allylic oxidation sites excluding steroid dienone is 2. The van der Waals surface area contributed by atoms with Gasteiger partial charge in [-0.15, -0.1) is 0 Å².